The summed E-state index contributed by atoms with van der Waals surface area (Å²) in [6.45, 7) is 11.0. The first-order chi connectivity index (χ1) is 9.72. The molecule has 0 spiro atoms. The quantitative estimate of drug-likeness (QED) is 0.909. The average Bonchev–Trinajstić information content (AvgIpc) is 2.95. The second-order valence-corrected chi connectivity index (χ2v) is 8.37. The van der Waals surface area contributed by atoms with E-state index in [-0.39, 0.29) is 17.1 Å². The van der Waals surface area contributed by atoms with E-state index in [1.54, 1.807) is 11.3 Å². The van der Waals surface area contributed by atoms with Crippen molar-refractivity contribution in [2.75, 3.05) is 0 Å². The highest BCUT2D eigenvalue weighted by Gasteiger charge is 2.38. The van der Waals surface area contributed by atoms with Crippen LogP contribution in [-0.4, -0.2) is 14.7 Å². The maximum absolute atomic E-state index is 10.5. The molecule has 1 N–H and O–H groups in total. The smallest absolute Gasteiger partial charge is 0.118 e. The second-order valence-electron chi connectivity index (χ2n) is 7.48. The van der Waals surface area contributed by atoms with Gasteiger partial charge in [-0.3, -0.25) is 0 Å². The van der Waals surface area contributed by atoms with Crippen molar-refractivity contribution < 1.29 is 5.11 Å². The molecule has 3 nitrogen and oxygen atoms in total. The van der Waals surface area contributed by atoms with Crippen molar-refractivity contribution in [1.29, 1.82) is 0 Å². The molecule has 0 aromatic carbocycles. The van der Waals surface area contributed by atoms with Crippen LogP contribution in [0, 0.1) is 12.3 Å². The molecule has 0 radical (unpaired) electrons. The van der Waals surface area contributed by atoms with E-state index < -0.39 is 0 Å². The van der Waals surface area contributed by atoms with E-state index in [1.165, 1.54) is 11.4 Å². The second kappa shape index (κ2) is 4.68. The molecule has 0 saturated carbocycles. The summed E-state index contributed by atoms with van der Waals surface area (Å²) >= 11 is 1.69. The van der Waals surface area contributed by atoms with Gasteiger partial charge in [-0.1, -0.05) is 13.8 Å². The van der Waals surface area contributed by atoms with Crippen LogP contribution in [0.5, 0.6) is 0 Å². The van der Waals surface area contributed by atoms with E-state index in [4.69, 9.17) is 0 Å². The molecule has 1 aliphatic carbocycles. The Kier molecular flexibility index (Phi) is 3.30. The van der Waals surface area contributed by atoms with Gasteiger partial charge in [-0.25, -0.2) is 4.98 Å². The van der Waals surface area contributed by atoms with Gasteiger partial charge in [0.2, 0.25) is 0 Å². The Morgan fingerprint density at radius 2 is 2.14 bits per heavy atom. The monoisotopic (exact) mass is 304 g/mol. The van der Waals surface area contributed by atoms with Gasteiger partial charge in [0.25, 0.3) is 0 Å². The lowest BCUT2D eigenvalue weighted by molar-refractivity contribution is 0.0968. The zero-order valence-corrected chi connectivity index (χ0v) is 14.3. The van der Waals surface area contributed by atoms with Crippen LogP contribution in [-0.2, 0) is 12.0 Å². The van der Waals surface area contributed by atoms with Crippen molar-refractivity contribution >= 4 is 11.3 Å². The molecule has 2 heterocycles. The molecule has 2 aromatic rings. The van der Waals surface area contributed by atoms with Gasteiger partial charge in [0.15, 0.2) is 0 Å². The third kappa shape index (κ3) is 2.34. The summed E-state index contributed by atoms with van der Waals surface area (Å²) in [5.41, 5.74) is 3.54. The molecule has 0 bridgehead atoms. The fourth-order valence-corrected chi connectivity index (χ4v) is 4.49. The number of nitrogens with zero attached hydrogens (tertiary/aromatic N) is 2. The topological polar surface area (TPSA) is 38.0 Å². The van der Waals surface area contributed by atoms with Crippen molar-refractivity contribution in [3.8, 4) is 0 Å². The zero-order chi connectivity index (χ0) is 15.4. The minimum absolute atomic E-state index is 0.133. The highest BCUT2D eigenvalue weighted by atomic mass is 32.1. The fraction of sp³-hybridized carbons (Fsp3) is 0.588. The molecular weight excluding hydrogens is 280 g/mol. The van der Waals surface area contributed by atoms with Gasteiger partial charge < -0.3 is 9.67 Å². The Hall–Kier alpha value is -1.13. The molecule has 0 saturated heterocycles. The number of hydrogen-bond acceptors (Lipinski definition) is 3. The third-order valence-corrected chi connectivity index (χ3v) is 5.67. The van der Waals surface area contributed by atoms with Crippen molar-refractivity contribution in [3.63, 3.8) is 0 Å². The summed E-state index contributed by atoms with van der Waals surface area (Å²) in [7, 11) is 0. The van der Waals surface area contributed by atoms with Crippen molar-refractivity contribution in [2.45, 2.75) is 59.1 Å². The van der Waals surface area contributed by atoms with E-state index in [9.17, 15) is 5.11 Å². The highest BCUT2D eigenvalue weighted by Crippen LogP contribution is 2.44. The first kappa shape index (κ1) is 14.8. The normalized spacial score (nSPS) is 21.3. The van der Waals surface area contributed by atoms with Gasteiger partial charge in [0.05, 0.1) is 11.6 Å². The minimum atomic E-state index is -0.351. The number of hydrogen-bond donors (Lipinski definition) is 1. The standard InChI is InChI=1S/C17H24N2OS/c1-11-8-12-13(9-16(2,3)10-14(12)20)19(11)17(4,5)15-18-6-7-21-15/h6-8,14,20H,9-10H2,1-5H3. The third-order valence-electron chi connectivity index (χ3n) is 4.59. The molecular formula is C17H24N2OS. The summed E-state index contributed by atoms with van der Waals surface area (Å²) in [5.74, 6) is 0. The SMILES string of the molecule is Cc1cc2c(n1C(C)(C)c1nccs1)CC(C)(C)CC2O. The van der Waals surface area contributed by atoms with Crippen LogP contribution in [0.3, 0.4) is 0 Å². The molecule has 0 amide bonds. The maximum atomic E-state index is 10.5. The molecule has 0 fully saturated rings. The minimum Gasteiger partial charge on any atom is -0.388 e. The molecule has 1 aliphatic rings. The number of aliphatic hydroxyl groups excluding tert-OH is 1. The molecule has 0 aliphatic heterocycles. The number of aromatic nitrogens is 2. The molecule has 1 unspecified atom stereocenters. The van der Waals surface area contributed by atoms with Crippen LogP contribution in [0.1, 0.15) is 62.2 Å². The maximum Gasteiger partial charge on any atom is 0.118 e. The summed E-state index contributed by atoms with van der Waals surface area (Å²) in [6, 6.07) is 2.16. The van der Waals surface area contributed by atoms with E-state index in [2.05, 4.69) is 50.2 Å². The number of thiazole rings is 1. The zero-order valence-electron chi connectivity index (χ0n) is 13.5. The Balaban J connectivity index is 2.17. The first-order valence-electron chi connectivity index (χ1n) is 7.52. The van der Waals surface area contributed by atoms with Crippen LogP contribution in [0.2, 0.25) is 0 Å². The molecule has 4 heteroatoms. The Morgan fingerprint density at radius 3 is 2.76 bits per heavy atom. The van der Waals surface area contributed by atoms with Gasteiger partial charge in [0, 0.05) is 28.5 Å². The van der Waals surface area contributed by atoms with Gasteiger partial charge in [0.1, 0.15) is 5.01 Å². The summed E-state index contributed by atoms with van der Waals surface area (Å²) in [6.07, 6.45) is 3.35. The van der Waals surface area contributed by atoms with Gasteiger partial charge in [-0.05, 0) is 45.1 Å². The number of fused-ring (bicyclic) bond motifs is 1. The molecule has 3 rings (SSSR count). The largest absolute Gasteiger partial charge is 0.388 e. The Labute approximate surface area is 130 Å². The average molecular weight is 304 g/mol. The van der Waals surface area contributed by atoms with Crippen molar-refractivity contribution in [1.82, 2.24) is 9.55 Å². The summed E-state index contributed by atoms with van der Waals surface area (Å²) < 4.78 is 2.38. The van der Waals surface area contributed by atoms with Crippen molar-refractivity contribution in [3.05, 3.63) is 39.6 Å². The molecule has 21 heavy (non-hydrogen) atoms. The van der Waals surface area contributed by atoms with Gasteiger partial charge >= 0.3 is 0 Å². The van der Waals surface area contributed by atoms with Gasteiger partial charge in [-0.15, -0.1) is 11.3 Å². The van der Waals surface area contributed by atoms with E-state index in [0.29, 0.717) is 0 Å². The van der Waals surface area contributed by atoms with Crippen LogP contribution in [0.4, 0.5) is 0 Å². The Morgan fingerprint density at radius 1 is 1.43 bits per heavy atom. The molecule has 114 valence electrons. The lowest BCUT2D eigenvalue weighted by Gasteiger charge is -2.37. The van der Waals surface area contributed by atoms with Crippen LogP contribution in [0.15, 0.2) is 17.6 Å². The predicted octanol–water partition coefficient (Wildman–Crippen LogP) is 4.04. The molecule has 1 atom stereocenters. The van der Waals surface area contributed by atoms with Crippen LogP contribution < -0.4 is 0 Å². The summed E-state index contributed by atoms with van der Waals surface area (Å²) in [4.78, 5) is 4.52. The van der Waals surface area contributed by atoms with E-state index in [0.717, 1.165) is 23.4 Å². The fourth-order valence-electron chi connectivity index (χ4n) is 3.74. The number of rotatable bonds is 2. The lowest BCUT2D eigenvalue weighted by Crippen LogP contribution is -2.34. The number of aryl methyl sites for hydroxylation is 1. The highest BCUT2D eigenvalue weighted by molar-refractivity contribution is 7.09. The lowest BCUT2D eigenvalue weighted by atomic mass is 9.75. The van der Waals surface area contributed by atoms with E-state index >= 15 is 0 Å². The molecule has 2 aromatic heterocycles. The summed E-state index contributed by atoms with van der Waals surface area (Å²) in [5, 5.41) is 13.6. The predicted molar refractivity (Wildman–Crippen MR) is 86.8 cm³/mol. The number of aliphatic hydroxyl groups is 1. The van der Waals surface area contributed by atoms with Crippen LogP contribution in [0.25, 0.3) is 0 Å². The first-order valence-corrected chi connectivity index (χ1v) is 8.40. The Bertz CT molecular complexity index is 653. The van der Waals surface area contributed by atoms with Crippen molar-refractivity contribution in [2.24, 2.45) is 5.41 Å². The van der Waals surface area contributed by atoms with Crippen LogP contribution >= 0.6 is 11.3 Å². The van der Waals surface area contributed by atoms with E-state index in [1.807, 2.05) is 11.6 Å². The van der Waals surface area contributed by atoms with Gasteiger partial charge in [-0.2, -0.15) is 0 Å².